The van der Waals surface area contributed by atoms with Gasteiger partial charge in [0.1, 0.15) is 23.1 Å². The first-order valence-corrected chi connectivity index (χ1v) is 13.2. The Labute approximate surface area is 228 Å². The molecule has 10 heteroatoms. The molecule has 10 nitrogen and oxygen atoms in total. The Morgan fingerprint density at radius 3 is 2.28 bits per heavy atom. The third kappa shape index (κ3) is 5.35. The molecule has 2 aliphatic rings. The molecule has 0 unspecified atom stereocenters. The van der Waals surface area contributed by atoms with Crippen LogP contribution >= 0.6 is 0 Å². The summed E-state index contributed by atoms with van der Waals surface area (Å²) < 4.78 is 7.61. The third-order valence-electron chi connectivity index (χ3n) is 7.58. The molecular formula is C29H34N6O4. The van der Waals surface area contributed by atoms with Gasteiger partial charge < -0.3 is 29.1 Å². The van der Waals surface area contributed by atoms with Crippen LogP contribution < -0.4 is 9.80 Å². The monoisotopic (exact) mass is 530 g/mol. The van der Waals surface area contributed by atoms with Crippen LogP contribution in [0.3, 0.4) is 0 Å². The van der Waals surface area contributed by atoms with Crippen molar-refractivity contribution in [2.45, 2.75) is 51.3 Å². The Kier molecular flexibility index (Phi) is 6.85. The number of nitriles is 1. The number of carboxylic acid groups (broad SMARTS) is 1. The SMILES string of the molecule is CN(C(=O)OC(C)(C)C)C1CC(n2cc(C#N)c3ccc(N4CCN(c5ccc(C(=O)O)cc5)CC4)nc32)C1. The summed E-state index contributed by atoms with van der Waals surface area (Å²) in [5.74, 6) is -0.0569. The molecule has 39 heavy (non-hydrogen) atoms. The highest BCUT2D eigenvalue weighted by Crippen LogP contribution is 2.39. The van der Waals surface area contributed by atoms with Gasteiger partial charge in [-0.2, -0.15) is 5.26 Å². The molecular weight excluding hydrogens is 496 g/mol. The van der Waals surface area contributed by atoms with Crippen LogP contribution in [-0.2, 0) is 4.74 Å². The van der Waals surface area contributed by atoms with Gasteiger partial charge in [0.15, 0.2) is 0 Å². The third-order valence-corrected chi connectivity index (χ3v) is 7.58. The molecule has 1 saturated carbocycles. The van der Waals surface area contributed by atoms with E-state index in [1.54, 1.807) is 24.1 Å². The fraction of sp³-hybridized carbons (Fsp3) is 0.448. The van der Waals surface area contributed by atoms with Gasteiger partial charge in [-0.05, 0) is 70.0 Å². The summed E-state index contributed by atoms with van der Waals surface area (Å²) in [5.41, 5.74) is 2.14. The molecule has 1 saturated heterocycles. The van der Waals surface area contributed by atoms with E-state index in [0.29, 0.717) is 5.56 Å². The maximum absolute atomic E-state index is 12.5. The minimum atomic E-state index is -0.926. The van der Waals surface area contributed by atoms with Crippen molar-refractivity contribution in [3.63, 3.8) is 0 Å². The van der Waals surface area contributed by atoms with E-state index in [-0.39, 0.29) is 23.7 Å². The number of benzene rings is 1. The van der Waals surface area contributed by atoms with Crippen LogP contribution in [0.15, 0.2) is 42.6 Å². The van der Waals surface area contributed by atoms with Gasteiger partial charge in [0, 0.05) is 62.6 Å². The highest BCUT2D eigenvalue weighted by molar-refractivity contribution is 5.88. The van der Waals surface area contributed by atoms with Gasteiger partial charge in [0.05, 0.1) is 11.1 Å². The van der Waals surface area contributed by atoms with Crippen LogP contribution in [-0.4, -0.2) is 76.5 Å². The van der Waals surface area contributed by atoms with Crippen LogP contribution in [0.1, 0.15) is 55.6 Å². The predicted molar refractivity (Wildman–Crippen MR) is 148 cm³/mol. The molecule has 1 N–H and O–H groups in total. The molecule has 2 aromatic heterocycles. The van der Waals surface area contributed by atoms with E-state index >= 15 is 0 Å². The Balaban J connectivity index is 1.28. The number of fused-ring (bicyclic) bond motifs is 1. The summed E-state index contributed by atoms with van der Waals surface area (Å²) in [6.07, 6.45) is 3.11. The van der Waals surface area contributed by atoms with Gasteiger partial charge in [-0.15, -0.1) is 0 Å². The number of hydrogen-bond acceptors (Lipinski definition) is 7. The van der Waals surface area contributed by atoms with E-state index < -0.39 is 11.6 Å². The first-order chi connectivity index (χ1) is 18.5. The van der Waals surface area contributed by atoms with E-state index in [9.17, 15) is 14.9 Å². The van der Waals surface area contributed by atoms with Crippen LogP contribution in [0.5, 0.6) is 0 Å². The van der Waals surface area contributed by atoms with E-state index in [0.717, 1.165) is 61.6 Å². The van der Waals surface area contributed by atoms with E-state index in [4.69, 9.17) is 14.8 Å². The van der Waals surface area contributed by atoms with Gasteiger partial charge in [0.2, 0.25) is 0 Å². The van der Waals surface area contributed by atoms with Crippen molar-refractivity contribution in [3.05, 3.63) is 53.7 Å². The molecule has 1 aliphatic carbocycles. The number of carbonyl (C=O) groups is 2. The number of ether oxygens (including phenoxy) is 1. The zero-order valence-electron chi connectivity index (χ0n) is 22.8. The zero-order chi connectivity index (χ0) is 27.9. The maximum Gasteiger partial charge on any atom is 0.410 e. The number of anilines is 2. The number of amides is 1. The average molecular weight is 531 g/mol. The molecule has 1 aromatic carbocycles. The molecule has 0 spiro atoms. The molecule has 0 bridgehead atoms. The van der Waals surface area contributed by atoms with Crippen molar-refractivity contribution in [1.29, 1.82) is 5.26 Å². The minimum absolute atomic E-state index is 0.0775. The maximum atomic E-state index is 12.5. The van der Waals surface area contributed by atoms with Crippen molar-refractivity contribution in [3.8, 4) is 6.07 Å². The highest BCUT2D eigenvalue weighted by atomic mass is 16.6. The van der Waals surface area contributed by atoms with Gasteiger partial charge in [-0.3, -0.25) is 0 Å². The molecule has 204 valence electrons. The quantitative estimate of drug-likeness (QED) is 0.513. The van der Waals surface area contributed by atoms with Crippen molar-refractivity contribution in [2.75, 3.05) is 43.0 Å². The molecule has 1 amide bonds. The smallest absolute Gasteiger partial charge is 0.410 e. The van der Waals surface area contributed by atoms with Crippen LogP contribution in [0.25, 0.3) is 11.0 Å². The van der Waals surface area contributed by atoms with Crippen molar-refractivity contribution >= 4 is 34.6 Å². The minimum Gasteiger partial charge on any atom is -0.478 e. The average Bonchev–Trinajstić information content (AvgIpc) is 3.24. The number of rotatable bonds is 5. The Morgan fingerprint density at radius 1 is 1.05 bits per heavy atom. The predicted octanol–water partition coefficient (Wildman–Crippen LogP) is 4.50. The second-order valence-corrected chi connectivity index (χ2v) is 11.3. The van der Waals surface area contributed by atoms with Crippen molar-refractivity contribution < 1.29 is 19.4 Å². The van der Waals surface area contributed by atoms with Gasteiger partial charge in [-0.1, -0.05) is 0 Å². The Hall–Kier alpha value is -4.26. The molecule has 0 radical (unpaired) electrons. The lowest BCUT2D eigenvalue weighted by Crippen LogP contribution is -2.47. The van der Waals surface area contributed by atoms with Crippen molar-refractivity contribution in [2.24, 2.45) is 0 Å². The molecule has 0 atom stereocenters. The first-order valence-electron chi connectivity index (χ1n) is 13.2. The van der Waals surface area contributed by atoms with Crippen LogP contribution in [0, 0.1) is 11.3 Å². The largest absolute Gasteiger partial charge is 0.478 e. The Bertz CT molecular complexity index is 1420. The number of piperazine rings is 1. The summed E-state index contributed by atoms with van der Waals surface area (Å²) in [6.45, 7) is 8.71. The summed E-state index contributed by atoms with van der Waals surface area (Å²) in [5, 5.41) is 19.7. The molecule has 2 fully saturated rings. The van der Waals surface area contributed by atoms with Crippen molar-refractivity contribution in [1.82, 2.24) is 14.5 Å². The molecule has 5 rings (SSSR count). The van der Waals surface area contributed by atoms with E-state index in [1.165, 1.54) is 0 Å². The molecule has 3 aromatic rings. The fourth-order valence-corrected chi connectivity index (χ4v) is 5.25. The van der Waals surface area contributed by atoms with Gasteiger partial charge >= 0.3 is 12.1 Å². The normalized spacial score (nSPS) is 19.4. The number of carbonyl (C=O) groups excluding carboxylic acids is 1. The molecule has 1 aliphatic heterocycles. The lowest BCUT2D eigenvalue weighted by Gasteiger charge is -2.42. The first kappa shape index (κ1) is 26.4. The lowest BCUT2D eigenvalue weighted by molar-refractivity contribution is 0.00807. The number of hydrogen-bond donors (Lipinski definition) is 1. The van der Waals surface area contributed by atoms with Gasteiger partial charge in [0.25, 0.3) is 0 Å². The van der Waals surface area contributed by atoms with Crippen LogP contribution in [0.2, 0.25) is 0 Å². The van der Waals surface area contributed by atoms with Crippen LogP contribution in [0.4, 0.5) is 16.3 Å². The lowest BCUT2D eigenvalue weighted by atomic mass is 9.85. The topological polar surface area (TPSA) is 115 Å². The number of pyridine rings is 1. The number of carboxylic acids is 1. The summed E-state index contributed by atoms with van der Waals surface area (Å²) in [7, 11) is 1.78. The fourth-order valence-electron chi connectivity index (χ4n) is 5.25. The number of aromatic nitrogens is 2. The summed E-state index contributed by atoms with van der Waals surface area (Å²) in [4.78, 5) is 34.8. The number of aromatic carboxylic acids is 1. The molecule has 3 heterocycles. The number of nitrogens with zero attached hydrogens (tertiary/aromatic N) is 6. The second kappa shape index (κ2) is 10.1. The summed E-state index contributed by atoms with van der Waals surface area (Å²) in [6, 6.07) is 13.5. The van der Waals surface area contributed by atoms with E-state index in [2.05, 4.69) is 20.4 Å². The highest BCUT2D eigenvalue weighted by Gasteiger charge is 2.38. The second-order valence-electron chi connectivity index (χ2n) is 11.3. The standard InChI is InChI=1S/C29H34N6O4/c1-29(2,3)39-28(38)32(4)22-15-23(16-22)35-18-20(17-30)24-9-10-25(31-26(24)35)34-13-11-33(12-14-34)21-7-5-19(6-8-21)27(36)37/h5-10,18,22-23H,11-16H2,1-4H3,(H,36,37). The van der Waals surface area contributed by atoms with Gasteiger partial charge in [-0.25, -0.2) is 14.6 Å². The summed E-state index contributed by atoms with van der Waals surface area (Å²) >= 11 is 0. The Morgan fingerprint density at radius 2 is 1.69 bits per heavy atom. The van der Waals surface area contributed by atoms with E-state index in [1.807, 2.05) is 51.2 Å². The zero-order valence-corrected chi connectivity index (χ0v) is 22.8.